The number of nitrogens with zero attached hydrogens (tertiary/aromatic N) is 4. The van der Waals surface area contributed by atoms with Crippen LogP contribution in [0.15, 0.2) is 85.5 Å². The average Bonchev–Trinajstić information content (AvgIpc) is 3.60. The largest absolute Gasteiger partial charge is 0.358 e. The van der Waals surface area contributed by atoms with Crippen LogP contribution in [0.25, 0.3) is 55.6 Å². The van der Waals surface area contributed by atoms with Crippen LogP contribution in [0.3, 0.4) is 0 Å². The highest BCUT2D eigenvalue weighted by molar-refractivity contribution is 6.01. The zero-order valence-corrected chi connectivity index (χ0v) is 25.9. The predicted molar refractivity (Wildman–Crippen MR) is 179 cm³/mol. The molecule has 0 radical (unpaired) electrons. The van der Waals surface area contributed by atoms with Crippen LogP contribution >= 0.6 is 0 Å². The first-order valence-electron chi connectivity index (χ1n) is 14.9. The molecule has 6 rings (SSSR count). The van der Waals surface area contributed by atoms with Gasteiger partial charge in [-0.05, 0) is 93.1 Å². The molecule has 2 aromatic carbocycles. The van der Waals surface area contributed by atoms with Crippen LogP contribution < -0.4 is 5.32 Å². The molecule has 8 heteroatoms. The van der Waals surface area contributed by atoms with Crippen LogP contribution in [0.1, 0.15) is 32.8 Å². The minimum Gasteiger partial charge on any atom is -0.358 e. The third-order valence-electron chi connectivity index (χ3n) is 7.94. The normalized spacial score (nSPS) is 12.0. The van der Waals surface area contributed by atoms with E-state index in [1.54, 1.807) is 18.3 Å². The number of pyridine rings is 2. The molecule has 0 spiro atoms. The Hall–Kier alpha value is -4.82. The van der Waals surface area contributed by atoms with Crippen molar-refractivity contribution < 1.29 is 4.39 Å². The van der Waals surface area contributed by atoms with Gasteiger partial charge in [0, 0.05) is 50.9 Å². The van der Waals surface area contributed by atoms with Crippen LogP contribution in [0.2, 0.25) is 0 Å². The monoisotopic (exact) mass is 587 g/mol. The zero-order chi connectivity index (χ0) is 31.0. The summed E-state index contributed by atoms with van der Waals surface area (Å²) < 4.78 is 14.7. The Balaban J connectivity index is 1.35. The van der Waals surface area contributed by atoms with Gasteiger partial charge in [0.05, 0.1) is 28.8 Å². The van der Waals surface area contributed by atoms with Gasteiger partial charge in [0.15, 0.2) is 0 Å². The molecule has 0 bridgehead atoms. The van der Waals surface area contributed by atoms with Crippen molar-refractivity contribution in [2.45, 2.75) is 33.6 Å². The van der Waals surface area contributed by atoms with E-state index >= 15 is 0 Å². The maximum atomic E-state index is 14.7. The molecule has 0 atom stereocenters. The van der Waals surface area contributed by atoms with Crippen LogP contribution in [-0.4, -0.2) is 50.7 Å². The van der Waals surface area contributed by atoms with Crippen LogP contribution in [0.5, 0.6) is 0 Å². The molecular formula is C36H38FN7. The Morgan fingerprint density at radius 3 is 2.52 bits per heavy atom. The summed E-state index contributed by atoms with van der Waals surface area (Å²) in [4.78, 5) is 14.8. The van der Waals surface area contributed by atoms with E-state index in [9.17, 15) is 4.39 Å². The van der Waals surface area contributed by atoms with Gasteiger partial charge in [-0.15, -0.1) is 0 Å². The second-order valence-electron chi connectivity index (χ2n) is 12.7. The molecule has 0 fully saturated rings. The predicted octanol–water partition coefficient (Wildman–Crippen LogP) is 8.44. The lowest BCUT2D eigenvalue weighted by atomic mass is 9.93. The van der Waals surface area contributed by atoms with E-state index in [0.717, 1.165) is 91.9 Å². The van der Waals surface area contributed by atoms with Gasteiger partial charge in [-0.25, -0.2) is 4.39 Å². The van der Waals surface area contributed by atoms with Crippen molar-refractivity contribution >= 4 is 27.5 Å². The molecule has 44 heavy (non-hydrogen) atoms. The summed E-state index contributed by atoms with van der Waals surface area (Å²) in [6.07, 6.45) is 7.19. The van der Waals surface area contributed by atoms with Gasteiger partial charge in [-0.2, -0.15) is 5.10 Å². The lowest BCUT2D eigenvalue weighted by molar-refractivity contribution is 0.400. The molecule has 4 aromatic heterocycles. The summed E-state index contributed by atoms with van der Waals surface area (Å²) in [5.74, 6) is -0.251. The van der Waals surface area contributed by atoms with Gasteiger partial charge >= 0.3 is 0 Å². The second kappa shape index (κ2) is 11.7. The summed E-state index contributed by atoms with van der Waals surface area (Å²) >= 11 is 0. The fourth-order valence-corrected chi connectivity index (χ4v) is 5.37. The van der Waals surface area contributed by atoms with Crippen LogP contribution in [-0.2, 0) is 6.42 Å². The van der Waals surface area contributed by atoms with E-state index in [0.29, 0.717) is 0 Å². The maximum Gasteiger partial charge on any atom is 0.124 e. The topological polar surface area (TPSA) is 85.5 Å². The summed E-state index contributed by atoms with van der Waals surface area (Å²) in [7, 11) is 4.10. The van der Waals surface area contributed by atoms with Gasteiger partial charge in [-0.3, -0.25) is 15.1 Å². The van der Waals surface area contributed by atoms with Crippen molar-refractivity contribution in [3.05, 3.63) is 96.8 Å². The number of hydrogen-bond donors (Lipinski definition) is 3. The van der Waals surface area contributed by atoms with Gasteiger partial charge in [0.25, 0.3) is 0 Å². The minimum atomic E-state index is -0.251. The van der Waals surface area contributed by atoms with Crippen molar-refractivity contribution in [1.82, 2.24) is 30.0 Å². The Labute approximate surface area is 257 Å². The fourth-order valence-electron chi connectivity index (χ4n) is 5.37. The summed E-state index contributed by atoms with van der Waals surface area (Å²) in [6, 6.07) is 17.6. The molecule has 224 valence electrons. The number of H-pyrrole nitrogens is 2. The first-order valence-corrected chi connectivity index (χ1v) is 14.9. The Kier molecular flexibility index (Phi) is 7.78. The van der Waals surface area contributed by atoms with Gasteiger partial charge in [0.2, 0.25) is 0 Å². The Morgan fingerprint density at radius 2 is 1.73 bits per heavy atom. The van der Waals surface area contributed by atoms with E-state index in [2.05, 4.69) is 93.0 Å². The Bertz CT molecular complexity index is 1980. The first-order chi connectivity index (χ1) is 21.0. The lowest BCUT2D eigenvalue weighted by Crippen LogP contribution is -2.15. The number of aromatic nitrogens is 5. The summed E-state index contributed by atoms with van der Waals surface area (Å²) in [5.41, 5.74) is 9.74. The number of aryl methyl sites for hydroxylation is 1. The molecule has 6 aromatic rings. The van der Waals surface area contributed by atoms with E-state index < -0.39 is 0 Å². The highest BCUT2D eigenvalue weighted by atomic mass is 19.1. The number of hydrogen-bond acceptors (Lipinski definition) is 5. The third kappa shape index (κ3) is 6.12. The third-order valence-corrected chi connectivity index (χ3v) is 7.94. The Morgan fingerprint density at radius 1 is 0.909 bits per heavy atom. The van der Waals surface area contributed by atoms with Gasteiger partial charge in [0.1, 0.15) is 11.5 Å². The highest BCUT2D eigenvalue weighted by Crippen LogP contribution is 2.35. The highest BCUT2D eigenvalue weighted by Gasteiger charge is 2.17. The van der Waals surface area contributed by atoms with Crippen molar-refractivity contribution in [3.63, 3.8) is 0 Å². The number of benzene rings is 2. The van der Waals surface area contributed by atoms with Crippen molar-refractivity contribution in [3.8, 4) is 33.8 Å². The second-order valence-corrected chi connectivity index (χ2v) is 12.7. The van der Waals surface area contributed by atoms with Crippen molar-refractivity contribution in [2.24, 2.45) is 5.41 Å². The molecule has 0 aliphatic rings. The zero-order valence-electron chi connectivity index (χ0n) is 25.9. The number of halogens is 1. The molecule has 0 unspecified atom stereocenters. The maximum absolute atomic E-state index is 14.7. The molecule has 0 saturated heterocycles. The quantitative estimate of drug-likeness (QED) is 0.158. The van der Waals surface area contributed by atoms with E-state index in [1.807, 2.05) is 38.6 Å². The molecule has 0 aliphatic carbocycles. The number of nitrogens with one attached hydrogen (secondary N) is 3. The van der Waals surface area contributed by atoms with Gasteiger partial charge < -0.3 is 15.2 Å². The average molecular weight is 588 g/mol. The minimum absolute atomic E-state index is 0.0710. The van der Waals surface area contributed by atoms with Crippen LogP contribution in [0.4, 0.5) is 10.1 Å². The fraction of sp³-hybridized carbons (Fsp3) is 0.250. The van der Waals surface area contributed by atoms with Gasteiger partial charge in [-0.1, -0.05) is 33.4 Å². The standard InChI is InChI=1S/C36H38FN7/c1-22(36(2,3)4)40-28-17-26(20-38-21-28)24-9-10-32-29(18-24)35(43-42-32)33-19-30-31(41-33)11-12-39-34(30)25-14-23(15-27(37)16-25)8-7-13-44(5)6/h9-12,14-21,40-41H,1,7-8,13H2,2-6H3,(H,42,43). The molecular weight excluding hydrogens is 549 g/mol. The number of fused-ring (bicyclic) bond motifs is 2. The molecule has 0 aliphatic heterocycles. The molecule has 7 nitrogen and oxygen atoms in total. The molecule has 3 N–H and O–H groups in total. The van der Waals surface area contributed by atoms with E-state index in [4.69, 9.17) is 0 Å². The lowest BCUT2D eigenvalue weighted by Gasteiger charge is -2.23. The van der Waals surface area contributed by atoms with Crippen molar-refractivity contribution in [1.29, 1.82) is 0 Å². The molecule has 4 heterocycles. The first kappa shape index (κ1) is 29.3. The number of anilines is 1. The van der Waals surface area contributed by atoms with E-state index in [-0.39, 0.29) is 11.2 Å². The summed E-state index contributed by atoms with van der Waals surface area (Å²) in [6.45, 7) is 11.5. The number of allylic oxidation sites excluding steroid dienone is 1. The molecule has 0 amide bonds. The summed E-state index contributed by atoms with van der Waals surface area (Å²) in [5, 5.41) is 13.2. The van der Waals surface area contributed by atoms with Crippen molar-refractivity contribution in [2.75, 3.05) is 26.0 Å². The smallest absolute Gasteiger partial charge is 0.124 e. The SMILES string of the molecule is C=C(Nc1cncc(-c2ccc3[nH]nc(-c4cc5c(-c6cc(F)cc(CCCN(C)C)c6)nccc5[nH]4)c3c2)c1)C(C)(C)C. The number of aromatic amines is 2. The van der Waals surface area contributed by atoms with Crippen LogP contribution in [0, 0.1) is 11.2 Å². The molecule has 0 saturated carbocycles. The van der Waals surface area contributed by atoms with E-state index in [1.165, 1.54) is 0 Å². The number of rotatable bonds is 9.